The lowest BCUT2D eigenvalue weighted by Gasteiger charge is -2.22. The smallest absolute Gasteiger partial charge is 0.243 e. The van der Waals surface area contributed by atoms with Gasteiger partial charge >= 0.3 is 0 Å². The molecule has 2 heterocycles. The van der Waals surface area contributed by atoms with Gasteiger partial charge in [-0.25, -0.2) is 4.98 Å². The van der Waals surface area contributed by atoms with Crippen LogP contribution in [0.4, 0.5) is 0 Å². The number of aromatic nitrogens is 1. The summed E-state index contributed by atoms with van der Waals surface area (Å²) in [6.07, 6.45) is 2.88. The number of nitrogens with zero attached hydrogens (tertiary/aromatic N) is 2. The van der Waals surface area contributed by atoms with Crippen molar-refractivity contribution in [3.05, 3.63) is 41.0 Å². The molecular weight excluding hydrogens is 358 g/mol. The van der Waals surface area contributed by atoms with Gasteiger partial charge in [0.2, 0.25) is 11.8 Å². The maximum absolute atomic E-state index is 12.3. The predicted octanol–water partition coefficient (Wildman–Crippen LogP) is 4.16. The molecule has 1 aromatic carbocycles. The molecule has 1 aliphatic heterocycles. The van der Waals surface area contributed by atoms with Gasteiger partial charge in [-0.05, 0) is 30.9 Å². The molecule has 6 heteroatoms. The van der Waals surface area contributed by atoms with Crippen LogP contribution in [0.1, 0.15) is 51.3 Å². The van der Waals surface area contributed by atoms with Crippen LogP contribution in [0.25, 0.3) is 10.4 Å². The Bertz CT molecular complexity index is 755. The van der Waals surface area contributed by atoms with E-state index < -0.39 is 0 Å². The van der Waals surface area contributed by atoms with Crippen molar-refractivity contribution in [1.82, 2.24) is 15.2 Å². The van der Waals surface area contributed by atoms with E-state index in [-0.39, 0.29) is 17.9 Å². The van der Waals surface area contributed by atoms with Crippen LogP contribution in [0, 0.1) is 6.92 Å². The number of thiazole rings is 1. The molecular formula is C21H29N3O2S. The Labute approximate surface area is 165 Å². The summed E-state index contributed by atoms with van der Waals surface area (Å²) in [5.41, 5.74) is 5.07. The number of amides is 2. The molecule has 1 aromatic heterocycles. The number of nitrogens with one attached hydrogen (secondary N) is 1. The molecule has 0 spiro atoms. The van der Waals surface area contributed by atoms with Crippen LogP contribution in [0.5, 0.6) is 0 Å². The number of benzene rings is 1. The standard InChI is InChI=1S/C18H21N3O2S.C3H8/c1-12-17(24-11-20-12)15-7-5-14(6-8-15)10-19-18(23)16-4-3-9-21(16)13(2)22;1-3-2/h5-8,11,16H,3-4,9-10H2,1-2H3,(H,19,23);3H2,1-2H3. The second-order valence-electron chi connectivity index (χ2n) is 6.76. The maximum atomic E-state index is 12.3. The maximum Gasteiger partial charge on any atom is 0.243 e. The van der Waals surface area contributed by atoms with E-state index in [1.807, 2.05) is 24.6 Å². The molecule has 146 valence electrons. The van der Waals surface area contributed by atoms with Gasteiger partial charge in [-0.3, -0.25) is 9.59 Å². The highest BCUT2D eigenvalue weighted by Crippen LogP contribution is 2.27. The summed E-state index contributed by atoms with van der Waals surface area (Å²) in [4.78, 5) is 31.0. The number of likely N-dealkylation sites (tertiary alicyclic amines) is 1. The van der Waals surface area contributed by atoms with Crippen LogP contribution < -0.4 is 5.32 Å². The van der Waals surface area contributed by atoms with Crippen molar-refractivity contribution in [2.45, 2.75) is 59.5 Å². The van der Waals surface area contributed by atoms with Gasteiger partial charge in [0.15, 0.2) is 0 Å². The minimum absolute atomic E-state index is 0.0306. The van der Waals surface area contributed by atoms with Crippen LogP contribution in [-0.4, -0.2) is 34.3 Å². The molecule has 1 atom stereocenters. The molecule has 5 nitrogen and oxygen atoms in total. The zero-order valence-corrected chi connectivity index (χ0v) is 17.4. The van der Waals surface area contributed by atoms with Gasteiger partial charge in [0.25, 0.3) is 0 Å². The largest absolute Gasteiger partial charge is 0.350 e. The summed E-state index contributed by atoms with van der Waals surface area (Å²) >= 11 is 1.63. The van der Waals surface area contributed by atoms with Crippen LogP contribution in [0.2, 0.25) is 0 Å². The molecule has 1 N–H and O–H groups in total. The fourth-order valence-corrected chi connectivity index (χ4v) is 3.89. The molecule has 1 saturated heterocycles. The van der Waals surface area contributed by atoms with Gasteiger partial charge in [-0.2, -0.15) is 0 Å². The third-order valence-electron chi connectivity index (χ3n) is 4.39. The van der Waals surface area contributed by atoms with Crippen molar-refractivity contribution in [1.29, 1.82) is 0 Å². The highest BCUT2D eigenvalue weighted by Gasteiger charge is 2.31. The van der Waals surface area contributed by atoms with E-state index >= 15 is 0 Å². The lowest BCUT2D eigenvalue weighted by molar-refractivity contribution is -0.136. The topological polar surface area (TPSA) is 62.3 Å². The number of hydrogen-bond donors (Lipinski definition) is 1. The molecule has 2 aromatic rings. The monoisotopic (exact) mass is 387 g/mol. The third kappa shape index (κ3) is 5.63. The summed E-state index contributed by atoms with van der Waals surface area (Å²) in [5.74, 6) is -0.0954. The van der Waals surface area contributed by atoms with Crippen molar-refractivity contribution in [3.63, 3.8) is 0 Å². The first kappa shape index (κ1) is 21.1. The van der Waals surface area contributed by atoms with Gasteiger partial charge in [-0.15, -0.1) is 11.3 Å². The van der Waals surface area contributed by atoms with E-state index in [0.717, 1.165) is 29.7 Å². The minimum Gasteiger partial charge on any atom is -0.350 e. The molecule has 27 heavy (non-hydrogen) atoms. The normalized spacial score (nSPS) is 15.9. The summed E-state index contributed by atoms with van der Waals surface area (Å²) in [5, 5.41) is 2.95. The average molecular weight is 388 g/mol. The molecule has 0 aliphatic carbocycles. The molecule has 2 amide bonds. The van der Waals surface area contributed by atoms with Crippen molar-refractivity contribution in [3.8, 4) is 10.4 Å². The molecule has 1 unspecified atom stereocenters. The fourth-order valence-electron chi connectivity index (χ4n) is 3.08. The Morgan fingerprint density at radius 1 is 1.26 bits per heavy atom. The minimum atomic E-state index is -0.318. The predicted molar refractivity (Wildman–Crippen MR) is 111 cm³/mol. The van der Waals surface area contributed by atoms with E-state index in [1.165, 1.54) is 18.2 Å². The quantitative estimate of drug-likeness (QED) is 0.857. The Hall–Kier alpha value is -2.21. The SMILES string of the molecule is CC(=O)N1CCCC1C(=O)NCc1ccc(-c2scnc2C)cc1.CCC. The first-order valence-electron chi connectivity index (χ1n) is 9.52. The highest BCUT2D eigenvalue weighted by molar-refractivity contribution is 7.13. The Morgan fingerprint density at radius 3 is 2.48 bits per heavy atom. The second kappa shape index (κ2) is 10.2. The van der Waals surface area contributed by atoms with E-state index in [2.05, 4.69) is 36.3 Å². The summed E-state index contributed by atoms with van der Waals surface area (Å²) in [6, 6.07) is 7.83. The molecule has 0 bridgehead atoms. The highest BCUT2D eigenvalue weighted by atomic mass is 32.1. The lowest BCUT2D eigenvalue weighted by Crippen LogP contribution is -2.44. The van der Waals surface area contributed by atoms with Gasteiger partial charge in [0.05, 0.1) is 16.1 Å². The lowest BCUT2D eigenvalue weighted by atomic mass is 10.1. The van der Waals surface area contributed by atoms with Gasteiger partial charge in [0, 0.05) is 20.0 Å². The molecule has 0 saturated carbocycles. The number of carbonyl (C=O) groups excluding carboxylic acids is 2. The number of aryl methyl sites for hydroxylation is 1. The Morgan fingerprint density at radius 2 is 1.93 bits per heavy atom. The van der Waals surface area contributed by atoms with Gasteiger partial charge < -0.3 is 10.2 Å². The first-order valence-corrected chi connectivity index (χ1v) is 10.4. The average Bonchev–Trinajstić information content (AvgIpc) is 3.30. The third-order valence-corrected chi connectivity index (χ3v) is 5.37. The Balaban J connectivity index is 0.000000817. The Kier molecular flexibility index (Phi) is 7.98. The van der Waals surface area contributed by atoms with Crippen molar-refractivity contribution >= 4 is 23.2 Å². The fraction of sp³-hybridized carbons (Fsp3) is 0.476. The number of rotatable bonds is 4. The van der Waals surface area contributed by atoms with E-state index in [4.69, 9.17) is 0 Å². The number of carbonyl (C=O) groups is 2. The van der Waals surface area contributed by atoms with Crippen molar-refractivity contribution in [2.75, 3.05) is 6.54 Å². The van der Waals surface area contributed by atoms with Crippen LogP contribution in [0.3, 0.4) is 0 Å². The zero-order valence-electron chi connectivity index (χ0n) is 16.6. The van der Waals surface area contributed by atoms with Crippen molar-refractivity contribution in [2.24, 2.45) is 0 Å². The van der Waals surface area contributed by atoms with Gasteiger partial charge in [-0.1, -0.05) is 44.5 Å². The first-order chi connectivity index (χ1) is 13.0. The summed E-state index contributed by atoms with van der Waals surface area (Å²) in [7, 11) is 0. The van der Waals surface area contributed by atoms with E-state index in [1.54, 1.807) is 16.2 Å². The zero-order chi connectivity index (χ0) is 19.8. The summed E-state index contributed by atoms with van der Waals surface area (Å²) < 4.78 is 0. The van der Waals surface area contributed by atoms with E-state index in [9.17, 15) is 9.59 Å². The van der Waals surface area contributed by atoms with E-state index in [0.29, 0.717) is 13.1 Å². The summed E-state index contributed by atoms with van der Waals surface area (Å²) in [6.45, 7) is 8.92. The molecule has 3 rings (SSSR count). The van der Waals surface area contributed by atoms with Gasteiger partial charge in [0.1, 0.15) is 6.04 Å². The number of hydrogen-bond acceptors (Lipinski definition) is 4. The van der Waals surface area contributed by atoms with Crippen LogP contribution >= 0.6 is 11.3 Å². The van der Waals surface area contributed by atoms with Crippen molar-refractivity contribution < 1.29 is 9.59 Å². The molecule has 0 radical (unpaired) electrons. The molecule has 1 fully saturated rings. The second-order valence-corrected chi connectivity index (χ2v) is 7.61. The van der Waals surface area contributed by atoms with Crippen LogP contribution in [0.15, 0.2) is 29.8 Å². The van der Waals surface area contributed by atoms with Crippen LogP contribution in [-0.2, 0) is 16.1 Å². The molecule has 1 aliphatic rings.